The molecule has 4 atom stereocenters. The van der Waals surface area contributed by atoms with Gasteiger partial charge in [-0.05, 0) is 39.8 Å². The van der Waals surface area contributed by atoms with Gasteiger partial charge in [0, 0.05) is 17.4 Å². The molecule has 1 heterocycles. The highest BCUT2D eigenvalue weighted by Gasteiger charge is 2.33. The first kappa shape index (κ1) is 21.3. The van der Waals surface area contributed by atoms with Crippen LogP contribution in [0, 0.1) is 29.1 Å². The molecule has 0 amide bonds. The molecule has 0 radical (unpaired) electrons. The molecule has 0 aromatic heterocycles. The van der Waals surface area contributed by atoms with Crippen molar-refractivity contribution in [3.8, 4) is 17.6 Å². The van der Waals surface area contributed by atoms with Gasteiger partial charge in [0.1, 0.15) is 5.75 Å². The number of methoxy groups -OCH3 is 1. The third-order valence-electron chi connectivity index (χ3n) is 4.45. The lowest BCUT2D eigenvalue weighted by Gasteiger charge is -2.36. The zero-order chi connectivity index (χ0) is 20.0. The largest absolute Gasteiger partial charge is 0.497 e. The molecule has 0 aliphatic carbocycles. The summed E-state index contributed by atoms with van der Waals surface area (Å²) in [5.41, 5.74) is 0.434. The van der Waals surface area contributed by atoms with Gasteiger partial charge in [-0.3, -0.25) is 4.79 Å². The zero-order valence-corrected chi connectivity index (χ0v) is 17.1. The van der Waals surface area contributed by atoms with Crippen molar-refractivity contribution < 1.29 is 23.7 Å². The minimum atomic E-state index is -0.517. The van der Waals surface area contributed by atoms with E-state index in [1.807, 2.05) is 52.0 Å². The fourth-order valence-electron chi connectivity index (χ4n) is 2.80. The Labute approximate surface area is 162 Å². The molecule has 5 heteroatoms. The summed E-state index contributed by atoms with van der Waals surface area (Å²) in [5, 5.41) is 0. The minimum absolute atomic E-state index is 0.00186. The fourth-order valence-corrected chi connectivity index (χ4v) is 2.80. The van der Waals surface area contributed by atoms with Crippen molar-refractivity contribution in [2.75, 3.05) is 20.3 Å². The maximum absolute atomic E-state index is 11.8. The maximum atomic E-state index is 11.8. The predicted octanol–water partition coefficient (Wildman–Crippen LogP) is 3.97. The van der Waals surface area contributed by atoms with E-state index in [0.717, 1.165) is 11.3 Å². The van der Waals surface area contributed by atoms with Gasteiger partial charge in [-0.15, -0.1) is 0 Å². The lowest BCUT2D eigenvalue weighted by Crippen LogP contribution is -2.38. The van der Waals surface area contributed by atoms with Crippen molar-refractivity contribution >= 4 is 5.97 Å². The summed E-state index contributed by atoms with van der Waals surface area (Å²) >= 11 is 0. The molecular weight excluding hydrogens is 344 g/mol. The first-order chi connectivity index (χ1) is 12.7. The molecule has 1 aromatic rings. The number of rotatable bonds is 4. The van der Waals surface area contributed by atoms with E-state index in [9.17, 15) is 4.79 Å². The predicted molar refractivity (Wildman–Crippen MR) is 103 cm³/mol. The summed E-state index contributed by atoms with van der Waals surface area (Å²) in [5.74, 6) is 6.86. The van der Waals surface area contributed by atoms with E-state index in [4.69, 9.17) is 18.9 Å². The van der Waals surface area contributed by atoms with E-state index in [0.29, 0.717) is 6.61 Å². The van der Waals surface area contributed by atoms with Crippen molar-refractivity contribution in [2.24, 2.45) is 17.3 Å². The van der Waals surface area contributed by atoms with Crippen LogP contribution in [0.4, 0.5) is 0 Å². The number of esters is 1. The minimum Gasteiger partial charge on any atom is -0.497 e. The van der Waals surface area contributed by atoms with E-state index < -0.39 is 11.7 Å². The SMILES string of the molecule is COc1ccc([C@H]2OC[C@@H](C)[C@@H]([C@@H](C)C#CCOC(=O)C(C)(C)C)O2)cc1. The van der Waals surface area contributed by atoms with Crippen LogP contribution in [0.2, 0.25) is 0 Å². The monoisotopic (exact) mass is 374 g/mol. The van der Waals surface area contributed by atoms with Crippen LogP contribution in [0.1, 0.15) is 46.5 Å². The van der Waals surface area contributed by atoms with Crippen LogP contribution in [-0.4, -0.2) is 32.4 Å². The standard InChI is InChI=1S/C22H30O5/c1-15(8-7-13-25-21(23)22(3,4)5)19-16(2)14-26-20(27-19)17-9-11-18(24-6)12-10-17/h9-12,15-16,19-20H,13-14H2,1-6H3/t15-,16+,19+,20-/m0/s1. The summed E-state index contributed by atoms with van der Waals surface area (Å²) in [7, 11) is 1.64. The number of hydrogen-bond donors (Lipinski definition) is 0. The first-order valence-electron chi connectivity index (χ1n) is 9.29. The Morgan fingerprint density at radius 3 is 2.56 bits per heavy atom. The molecule has 148 valence electrons. The van der Waals surface area contributed by atoms with Crippen LogP contribution in [0.3, 0.4) is 0 Å². The third kappa shape index (κ3) is 5.98. The van der Waals surface area contributed by atoms with Crippen LogP contribution in [0.15, 0.2) is 24.3 Å². The molecule has 5 nitrogen and oxygen atoms in total. The van der Waals surface area contributed by atoms with E-state index in [2.05, 4.69) is 18.8 Å². The topological polar surface area (TPSA) is 54.0 Å². The lowest BCUT2D eigenvalue weighted by atomic mass is 9.93. The second-order valence-electron chi connectivity index (χ2n) is 7.95. The summed E-state index contributed by atoms with van der Waals surface area (Å²) in [6.07, 6.45) is -0.475. The van der Waals surface area contributed by atoms with E-state index in [1.54, 1.807) is 7.11 Å². The van der Waals surface area contributed by atoms with Crippen molar-refractivity contribution in [2.45, 2.75) is 47.0 Å². The fraction of sp³-hybridized carbons (Fsp3) is 0.591. The van der Waals surface area contributed by atoms with Gasteiger partial charge in [0.05, 0.1) is 25.2 Å². The molecule has 1 fully saturated rings. The van der Waals surface area contributed by atoms with Crippen LogP contribution in [-0.2, 0) is 19.0 Å². The van der Waals surface area contributed by atoms with Crippen LogP contribution < -0.4 is 4.74 Å². The molecule has 0 bridgehead atoms. The van der Waals surface area contributed by atoms with Gasteiger partial charge in [-0.1, -0.05) is 30.9 Å². The molecule has 0 spiro atoms. The smallest absolute Gasteiger partial charge is 0.312 e. The highest BCUT2D eigenvalue weighted by Crippen LogP contribution is 2.33. The van der Waals surface area contributed by atoms with E-state index in [1.165, 1.54) is 0 Å². The van der Waals surface area contributed by atoms with Gasteiger partial charge in [0.25, 0.3) is 0 Å². The quantitative estimate of drug-likeness (QED) is 0.589. The van der Waals surface area contributed by atoms with Crippen molar-refractivity contribution in [3.05, 3.63) is 29.8 Å². The van der Waals surface area contributed by atoms with Gasteiger partial charge >= 0.3 is 5.97 Å². The molecule has 0 unspecified atom stereocenters. The van der Waals surface area contributed by atoms with Crippen molar-refractivity contribution in [3.63, 3.8) is 0 Å². The molecular formula is C22H30O5. The normalized spacial score (nSPS) is 23.7. The number of ether oxygens (including phenoxy) is 4. The number of hydrogen-bond acceptors (Lipinski definition) is 5. The number of carbonyl (C=O) groups excluding carboxylic acids is 1. The second kappa shape index (κ2) is 9.25. The second-order valence-corrected chi connectivity index (χ2v) is 7.95. The summed E-state index contributed by atoms with van der Waals surface area (Å²) in [6, 6.07) is 7.67. The van der Waals surface area contributed by atoms with Crippen molar-refractivity contribution in [1.82, 2.24) is 0 Å². The summed E-state index contributed by atoms with van der Waals surface area (Å²) < 4.78 is 22.4. The molecule has 0 saturated carbocycles. The molecule has 0 N–H and O–H groups in total. The number of benzene rings is 1. The summed E-state index contributed by atoms with van der Waals surface area (Å²) in [6.45, 7) is 10.3. The zero-order valence-electron chi connectivity index (χ0n) is 17.1. The van der Waals surface area contributed by atoms with Gasteiger partial charge in [-0.2, -0.15) is 0 Å². The molecule has 1 saturated heterocycles. The Morgan fingerprint density at radius 1 is 1.30 bits per heavy atom. The highest BCUT2D eigenvalue weighted by atomic mass is 16.7. The molecule has 1 aliphatic heterocycles. The maximum Gasteiger partial charge on any atom is 0.312 e. The molecule has 27 heavy (non-hydrogen) atoms. The highest BCUT2D eigenvalue weighted by molar-refractivity contribution is 5.75. The van der Waals surface area contributed by atoms with Crippen molar-refractivity contribution in [1.29, 1.82) is 0 Å². The first-order valence-corrected chi connectivity index (χ1v) is 9.29. The third-order valence-corrected chi connectivity index (χ3v) is 4.45. The van der Waals surface area contributed by atoms with E-state index in [-0.39, 0.29) is 30.5 Å². The Morgan fingerprint density at radius 2 is 1.96 bits per heavy atom. The molecule has 2 rings (SSSR count). The molecule has 1 aliphatic rings. The van der Waals surface area contributed by atoms with Gasteiger partial charge in [0.2, 0.25) is 0 Å². The lowest BCUT2D eigenvalue weighted by molar-refractivity contribution is -0.245. The summed E-state index contributed by atoms with van der Waals surface area (Å²) in [4.78, 5) is 11.8. The Bertz CT molecular complexity index is 677. The van der Waals surface area contributed by atoms with Crippen LogP contribution in [0.25, 0.3) is 0 Å². The molecule has 1 aromatic carbocycles. The Kier molecular flexibility index (Phi) is 7.29. The average molecular weight is 374 g/mol. The van der Waals surface area contributed by atoms with Crippen LogP contribution in [0.5, 0.6) is 5.75 Å². The van der Waals surface area contributed by atoms with E-state index >= 15 is 0 Å². The Hall–Kier alpha value is -2.03. The average Bonchev–Trinajstić information content (AvgIpc) is 2.64. The Balaban J connectivity index is 1.95. The van der Waals surface area contributed by atoms with Crippen LogP contribution >= 0.6 is 0 Å². The van der Waals surface area contributed by atoms with Gasteiger partial charge in [0.15, 0.2) is 12.9 Å². The van der Waals surface area contributed by atoms with Gasteiger partial charge < -0.3 is 18.9 Å². The van der Waals surface area contributed by atoms with Gasteiger partial charge in [-0.25, -0.2) is 0 Å². The number of carbonyl (C=O) groups is 1.